The van der Waals surface area contributed by atoms with Gasteiger partial charge in [0.1, 0.15) is 0 Å². The number of ether oxygens (including phenoxy) is 1. The van der Waals surface area contributed by atoms with E-state index in [0.717, 1.165) is 6.61 Å². The van der Waals surface area contributed by atoms with E-state index >= 15 is 0 Å². The van der Waals surface area contributed by atoms with Gasteiger partial charge in [-0.2, -0.15) is 0 Å². The van der Waals surface area contributed by atoms with Crippen LogP contribution in [0.2, 0.25) is 0 Å². The predicted molar refractivity (Wildman–Crippen MR) is 81.4 cm³/mol. The highest BCUT2D eigenvalue weighted by Gasteiger charge is 2.59. The van der Waals surface area contributed by atoms with Crippen molar-refractivity contribution < 1.29 is 4.74 Å². The third-order valence-electron chi connectivity index (χ3n) is 4.97. The van der Waals surface area contributed by atoms with Crippen molar-refractivity contribution in [3.05, 3.63) is 0 Å². The Labute approximate surface area is 119 Å². The van der Waals surface area contributed by atoms with Crippen molar-refractivity contribution in [1.82, 2.24) is 5.32 Å². The summed E-state index contributed by atoms with van der Waals surface area (Å²) in [7, 11) is 0. The van der Waals surface area contributed by atoms with Gasteiger partial charge in [0, 0.05) is 23.6 Å². The fraction of sp³-hybridized carbons (Fsp3) is 1.00. The second-order valence-corrected chi connectivity index (χ2v) is 8.58. The quantitative estimate of drug-likeness (QED) is 0.808. The van der Waals surface area contributed by atoms with Crippen LogP contribution in [0.5, 0.6) is 0 Å². The van der Waals surface area contributed by atoms with Crippen LogP contribution >= 0.6 is 0 Å². The van der Waals surface area contributed by atoms with Crippen molar-refractivity contribution in [1.29, 1.82) is 0 Å². The molecule has 2 heteroatoms. The summed E-state index contributed by atoms with van der Waals surface area (Å²) < 4.78 is 5.94. The standard InChI is InChI=1S/C17H33NO/c1-7-19-14-11-13(17(14)9-8-10-17)18-16(5,6)12-15(2,3)4/h13-14,18H,7-12H2,1-6H3. The van der Waals surface area contributed by atoms with Crippen LogP contribution in [-0.4, -0.2) is 24.3 Å². The summed E-state index contributed by atoms with van der Waals surface area (Å²) >= 11 is 0. The number of hydrogen-bond donors (Lipinski definition) is 1. The van der Waals surface area contributed by atoms with Gasteiger partial charge in [0.05, 0.1) is 6.10 Å². The molecular weight excluding hydrogens is 234 g/mol. The highest BCUT2D eigenvalue weighted by Crippen LogP contribution is 2.57. The highest BCUT2D eigenvalue weighted by atomic mass is 16.5. The van der Waals surface area contributed by atoms with E-state index in [-0.39, 0.29) is 5.54 Å². The molecule has 0 aromatic rings. The average molecular weight is 267 g/mol. The van der Waals surface area contributed by atoms with Crippen LogP contribution in [0.1, 0.15) is 73.6 Å². The van der Waals surface area contributed by atoms with Gasteiger partial charge >= 0.3 is 0 Å². The van der Waals surface area contributed by atoms with Gasteiger partial charge in [-0.25, -0.2) is 0 Å². The first-order valence-electron chi connectivity index (χ1n) is 8.08. The molecule has 112 valence electrons. The molecular formula is C17H33NO. The molecule has 1 spiro atoms. The van der Waals surface area contributed by atoms with E-state index in [1.807, 2.05) is 0 Å². The summed E-state index contributed by atoms with van der Waals surface area (Å²) in [4.78, 5) is 0. The summed E-state index contributed by atoms with van der Waals surface area (Å²) in [6.45, 7) is 14.7. The van der Waals surface area contributed by atoms with Crippen molar-refractivity contribution in [3.8, 4) is 0 Å². The Morgan fingerprint density at radius 2 is 1.79 bits per heavy atom. The summed E-state index contributed by atoms with van der Waals surface area (Å²) in [5.41, 5.74) is 1.08. The highest BCUT2D eigenvalue weighted by molar-refractivity contribution is 5.13. The van der Waals surface area contributed by atoms with Crippen LogP contribution in [0.3, 0.4) is 0 Å². The molecule has 2 rings (SSSR count). The van der Waals surface area contributed by atoms with E-state index in [4.69, 9.17) is 4.74 Å². The Bertz CT molecular complexity index is 312. The maximum atomic E-state index is 5.94. The zero-order valence-corrected chi connectivity index (χ0v) is 13.8. The summed E-state index contributed by atoms with van der Waals surface area (Å²) in [6, 6.07) is 0.676. The van der Waals surface area contributed by atoms with Crippen LogP contribution in [0.25, 0.3) is 0 Å². The predicted octanol–water partition coefficient (Wildman–Crippen LogP) is 4.14. The minimum atomic E-state index is 0.225. The molecule has 0 saturated heterocycles. The molecule has 2 aliphatic rings. The third-order valence-corrected chi connectivity index (χ3v) is 4.97. The van der Waals surface area contributed by atoms with E-state index in [2.05, 4.69) is 46.9 Å². The van der Waals surface area contributed by atoms with Gasteiger partial charge in [0.2, 0.25) is 0 Å². The molecule has 2 aliphatic carbocycles. The smallest absolute Gasteiger partial charge is 0.0661 e. The van der Waals surface area contributed by atoms with Crippen LogP contribution in [0, 0.1) is 10.8 Å². The molecule has 2 atom stereocenters. The number of rotatable bonds is 5. The van der Waals surface area contributed by atoms with Gasteiger partial charge in [-0.05, 0) is 51.9 Å². The van der Waals surface area contributed by atoms with E-state index in [1.165, 1.54) is 32.1 Å². The van der Waals surface area contributed by atoms with E-state index in [9.17, 15) is 0 Å². The average Bonchev–Trinajstić information content (AvgIpc) is 2.08. The molecule has 1 N–H and O–H groups in total. The van der Waals surface area contributed by atoms with E-state index in [1.54, 1.807) is 0 Å². The lowest BCUT2D eigenvalue weighted by molar-refractivity contribution is -0.178. The summed E-state index contributed by atoms with van der Waals surface area (Å²) in [6.07, 6.45) is 7.06. The van der Waals surface area contributed by atoms with Crippen LogP contribution in [0.4, 0.5) is 0 Å². The van der Waals surface area contributed by atoms with Gasteiger partial charge in [0.15, 0.2) is 0 Å². The fourth-order valence-corrected chi connectivity index (χ4v) is 4.49. The Kier molecular flexibility index (Phi) is 4.06. The Balaban J connectivity index is 1.93. The molecule has 2 unspecified atom stereocenters. The molecule has 0 aromatic carbocycles. The molecule has 0 amide bonds. The molecule has 19 heavy (non-hydrogen) atoms. The normalized spacial score (nSPS) is 30.0. The fourth-order valence-electron chi connectivity index (χ4n) is 4.49. The SMILES string of the molecule is CCOC1CC(NC(C)(C)CC(C)(C)C)C12CCC2. The topological polar surface area (TPSA) is 21.3 Å². The Morgan fingerprint density at radius 3 is 2.21 bits per heavy atom. The van der Waals surface area contributed by atoms with Crippen molar-refractivity contribution in [3.63, 3.8) is 0 Å². The van der Waals surface area contributed by atoms with Crippen LogP contribution < -0.4 is 5.32 Å². The van der Waals surface area contributed by atoms with Gasteiger partial charge < -0.3 is 10.1 Å². The van der Waals surface area contributed by atoms with Gasteiger partial charge in [0.25, 0.3) is 0 Å². The molecule has 2 fully saturated rings. The molecule has 0 radical (unpaired) electrons. The lowest BCUT2D eigenvalue weighted by Gasteiger charge is -2.62. The lowest BCUT2D eigenvalue weighted by atomic mass is 9.50. The number of hydrogen-bond acceptors (Lipinski definition) is 2. The first kappa shape index (κ1) is 15.3. The monoisotopic (exact) mass is 267 g/mol. The number of nitrogens with one attached hydrogen (secondary N) is 1. The van der Waals surface area contributed by atoms with Gasteiger partial charge in [-0.1, -0.05) is 27.2 Å². The van der Waals surface area contributed by atoms with Crippen LogP contribution in [-0.2, 0) is 4.74 Å². The molecule has 2 saturated carbocycles. The van der Waals surface area contributed by atoms with Crippen molar-refractivity contribution in [2.24, 2.45) is 10.8 Å². The maximum Gasteiger partial charge on any atom is 0.0661 e. The Hall–Kier alpha value is -0.0800. The molecule has 0 aliphatic heterocycles. The first-order chi connectivity index (χ1) is 8.69. The molecule has 0 heterocycles. The molecule has 0 bridgehead atoms. The van der Waals surface area contributed by atoms with E-state index < -0.39 is 0 Å². The Morgan fingerprint density at radius 1 is 1.16 bits per heavy atom. The van der Waals surface area contributed by atoms with Crippen molar-refractivity contribution in [2.45, 2.75) is 91.3 Å². The molecule has 2 nitrogen and oxygen atoms in total. The largest absolute Gasteiger partial charge is 0.378 e. The second kappa shape index (κ2) is 5.04. The first-order valence-corrected chi connectivity index (χ1v) is 8.08. The van der Waals surface area contributed by atoms with E-state index in [0.29, 0.717) is 23.0 Å². The third kappa shape index (κ3) is 3.16. The minimum absolute atomic E-state index is 0.225. The van der Waals surface area contributed by atoms with Crippen molar-refractivity contribution in [2.75, 3.05) is 6.61 Å². The zero-order valence-electron chi connectivity index (χ0n) is 13.8. The minimum Gasteiger partial charge on any atom is -0.378 e. The van der Waals surface area contributed by atoms with Gasteiger partial charge in [-0.15, -0.1) is 0 Å². The van der Waals surface area contributed by atoms with Crippen LogP contribution in [0.15, 0.2) is 0 Å². The zero-order chi connectivity index (χ0) is 14.3. The second-order valence-electron chi connectivity index (χ2n) is 8.58. The molecule has 0 aromatic heterocycles. The summed E-state index contributed by atoms with van der Waals surface area (Å²) in [5, 5.41) is 3.95. The lowest BCUT2D eigenvalue weighted by Crippen LogP contribution is -2.69. The summed E-state index contributed by atoms with van der Waals surface area (Å²) in [5.74, 6) is 0. The maximum absolute atomic E-state index is 5.94. The van der Waals surface area contributed by atoms with Crippen molar-refractivity contribution >= 4 is 0 Å². The van der Waals surface area contributed by atoms with Gasteiger partial charge in [-0.3, -0.25) is 0 Å².